The Morgan fingerprint density at radius 1 is 1.22 bits per heavy atom. The molecule has 0 amide bonds. The van der Waals surface area contributed by atoms with Crippen LogP contribution in [0.2, 0.25) is 0 Å². The molecule has 23 heavy (non-hydrogen) atoms. The molecular formula is C21H34O2. The molecule has 3 saturated carbocycles. The molecule has 0 heterocycles. The summed E-state index contributed by atoms with van der Waals surface area (Å²) in [7, 11) is 0. The summed E-state index contributed by atoms with van der Waals surface area (Å²) in [5, 5.41) is 0. The molecule has 2 heteroatoms. The van der Waals surface area contributed by atoms with E-state index in [0.717, 1.165) is 18.3 Å². The van der Waals surface area contributed by atoms with Gasteiger partial charge in [-0.2, -0.15) is 0 Å². The smallest absolute Gasteiger partial charge is 0.333 e. The largest absolute Gasteiger partial charge is 0.455 e. The van der Waals surface area contributed by atoms with Gasteiger partial charge in [0.1, 0.15) is 5.60 Å². The third-order valence-corrected chi connectivity index (χ3v) is 7.31. The van der Waals surface area contributed by atoms with Crippen LogP contribution in [0.3, 0.4) is 0 Å². The minimum atomic E-state index is -0.239. The van der Waals surface area contributed by atoms with Gasteiger partial charge in [0.15, 0.2) is 0 Å². The summed E-state index contributed by atoms with van der Waals surface area (Å²) < 4.78 is 6.41. The second kappa shape index (κ2) is 6.26. The zero-order chi connectivity index (χ0) is 16.7. The SMILES string of the molecule is C=C(C)C(=O)OC1(C2CC3CCC2C3)CCCCC1(C)CCC. The Bertz CT molecular complexity index is 478. The third-order valence-electron chi connectivity index (χ3n) is 7.31. The Morgan fingerprint density at radius 3 is 2.52 bits per heavy atom. The average molecular weight is 319 g/mol. The zero-order valence-electron chi connectivity index (χ0n) is 15.3. The Hall–Kier alpha value is -0.790. The molecule has 130 valence electrons. The second-order valence-corrected chi connectivity index (χ2v) is 8.86. The lowest BCUT2D eigenvalue weighted by molar-refractivity contribution is -0.203. The van der Waals surface area contributed by atoms with E-state index in [4.69, 9.17) is 4.74 Å². The first-order chi connectivity index (χ1) is 10.9. The van der Waals surface area contributed by atoms with Gasteiger partial charge in [-0.3, -0.25) is 0 Å². The molecule has 0 saturated heterocycles. The van der Waals surface area contributed by atoms with Crippen molar-refractivity contribution in [3.05, 3.63) is 12.2 Å². The third kappa shape index (κ3) is 2.76. The van der Waals surface area contributed by atoms with Gasteiger partial charge in [0, 0.05) is 16.9 Å². The topological polar surface area (TPSA) is 26.3 Å². The van der Waals surface area contributed by atoms with Crippen LogP contribution in [0.4, 0.5) is 0 Å². The van der Waals surface area contributed by atoms with Gasteiger partial charge >= 0.3 is 5.97 Å². The Balaban J connectivity index is 1.97. The monoisotopic (exact) mass is 318 g/mol. The minimum absolute atomic E-state index is 0.139. The van der Waals surface area contributed by atoms with Crippen molar-refractivity contribution in [1.29, 1.82) is 0 Å². The molecule has 0 aromatic carbocycles. The molecule has 0 aromatic heterocycles. The molecule has 0 N–H and O–H groups in total. The summed E-state index contributed by atoms with van der Waals surface area (Å²) in [5.74, 6) is 2.10. The first-order valence-electron chi connectivity index (χ1n) is 9.81. The maximum Gasteiger partial charge on any atom is 0.333 e. The molecule has 3 fully saturated rings. The number of hydrogen-bond acceptors (Lipinski definition) is 2. The van der Waals surface area contributed by atoms with Crippen LogP contribution in [-0.2, 0) is 9.53 Å². The van der Waals surface area contributed by atoms with Gasteiger partial charge in [0.25, 0.3) is 0 Å². The molecule has 0 aliphatic heterocycles. The Morgan fingerprint density at radius 2 is 1.96 bits per heavy atom. The fourth-order valence-corrected chi connectivity index (χ4v) is 6.26. The minimum Gasteiger partial charge on any atom is -0.455 e. The molecule has 0 aromatic rings. The van der Waals surface area contributed by atoms with Crippen LogP contribution >= 0.6 is 0 Å². The normalized spacial score (nSPS) is 42.7. The average Bonchev–Trinajstić information content (AvgIpc) is 3.12. The van der Waals surface area contributed by atoms with E-state index in [9.17, 15) is 4.79 Å². The predicted octanol–water partition coefficient (Wildman–Crippen LogP) is 5.66. The Kier molecular flexibility index (Phi) is 4.64. The molecule has 2 nitrogen and oxygen atoms in total. The van der Waals surface area contributed by atoms with Crippen LogP contribution in [0.25, 0.3) is 0 Å². The first-order valence-corrected chi connectivity index (χ1v) is 9.81. The molecule has 0 radical (unpaired) electrons. The van der Waals surface area contributed by atoms with Crippen LogP contribution in [0.5, 0.6) is 0 Å². The van der Waals surface area contributed by atoms with Crippen molar-refractivity contribution in [3.8, 4) is 0 Å². The first kappa shape index (κ1) is 17.0. The maximum absolute atomic E-state index is 12.5. The standard InChI is InChI=1S/C21H34O2/c1-5-10-20(4)11-6-7-12-21(20,23-19(22)15(2)3)18-14-16-8-9-17(18)13-16/h16-18H,2,5-14H2,1,3-4H3. The molecule has 3 aliphatic rings. The number of carbonyl (C=O) groups is 1. The number of fused-ring (bicyclic) bond motifs is 2. The molecule has 3 aliphatic carbocycles. The van der Waals surface area contributed by atoms with Gasteiger partial charge in [-0.25, -0.2) is 4.79 Å². The molecule has 0 spiro atoms. The summed E-state index contributed by atoms with van der Waals surface area (Å²) in [6, 6.07) is 0. The maximum atomic E-state index is 12.5. The van der Waals surface area contributed by atoms with Gasteiger partial charge in [-0.15, -0.1) is 0 Å². The quantitative estimate of drug-likeness (QED) is 0.483. The van der Waals surface area contributed by atoms with Crippen LogP contribution in [0.1, 0.15) is 85.0 Å². The van der Waals surface area contributed by atoms with E-state index in [-0.39, 0.29) is 17.0 Å². The molecule has 5 unspecified atom stereocenters. The zero-order valence-corrected chi connectivity index (χ0v) is 15.3. The predicted molar refractivity (Wildman–Crippen MR) is 94.1 cm³/mol. The summed E-state index contributed by atoms with van der Waals surface area (Å²) in [6.07, 6.45) is 12.5. The lowest BCUT2D eigenvalue weighted by Gasteiger charge is -2.56. The number of hydrogen-bond donors (Lipinski definition) is 0. The molecule has 2 bridgehead atoms. The highest BCUT2D eigenvalue weighted by Crippen LogP contribution is 2.62. The van der Waals surface area contributed by atoms with E-state index in [0.29, 0.717) is 11.5 Å². The van der Waals surface area contributed by atoms with Crippen LogP contribution in [0, 0.1) is 23.2 Å². The van der Waals surface area contributed by atoms with E-state index in [1.165, 1.54) is 57.8 Å². The molecular weight excluding hydrogens is 284 g/mol. The number of rotatable bonds is 5. The number of esters is 1. The summed E-state index contributed by atoms with van der Waals surface area (Å²) in [6.45, 7) is 10.3. The lowest BCUT2D eigenvalue weighted by atomic mass is 9.55. The van der Waals surface area contributed by atoms with Crippen molar-refractivity contribution in [2.45, 2.75) is 90.6 Å². The van der Waals surface area contributed by atoms with Gasteiger partial charge in [0.2, 0.25) is 0 Å². The lowest BCUT2D eigenvalue weighted by Crippen LogP contribution is -2.58. The van der Waals surface area contributed by atoms with Gasteiger partial charge in [0.05, 0.1) is 0 Å². The highest BCUT2D eigenvalue weighted by atomic mass is 16.6. The van der Waals surface area contributed by atoms with Crippen molar-refractivity contribution in [2.75, 3.05) is 0 Å². The van der Waals surface area contributed by atoms with Gasteiger partial charge < -0.3 is 4.74 Å². The van der Waals surface area contributed by atoms with Crippen molar-refractivity contribution in [1.82, 2.24) is 0 Å². The number of carbonyl (C=O) groups excluding carboxylic acids is 1. The molecule has 5 atom stereocenters. The summed E-state index contributed by atoms with van der Waals surface area (Å²) in [5.41, 5.74) is 0.453. The van der Waals surface area contributed by atoms with Gasteiger partial charge in [-0.05, 0) is 63.7 Å². The van der Waals surface area contributed by atoms with Crippen molar-refractivity contribution in [3.63, 3.8) is 0 Å². The van der Waals surface area contributed by atoms with E-state index in [2.05, 4.69) is 20.4 Å². The highest BCUT2D eigenvalue weighted by molar-refractivity contribution is 5.87. The van der Waals surface area contributed by atoms with Crippen LogP contribution in [0.15, 0.2) is 12.2 Å². The van der Waals surface area contributed by atoms with E-state index in [1.807, 2.05) is 0 Å². The number of ether oxygens (including phenoxy) is 1. The fourth-order valence-electron chi connectivity index (χ4n) is 6.26. The van der Waals surface area contributed by atoms with Crippen LogP contribution in [-0.4, -0.2) is 11.6 Å². The summed E-state index contributed by atoms with van der Waals surface area (Å²) in [4.78, 5) is 12.5. The van der Waals surface area contributed by atoms with E-state index >= 15 is 0 Å². The second-order valence-electron chi connectivity index (χ2n) is 8.86. The van der Waals surface area contributed by atoms with E-state index in [1.54, 1.807) is 6.92 Å². The Labute approximate surface area is 142 Å². The van der Waals surface area contributed by atoms with Gasteiger partial charge in [-0.1, -0.05) is 39.7 Å². The fraction of sp³-hybridized carbons (Fsp3) is 0.857. The molecule has 3 rings (SSSR count). The van der Waals surface area contributed by atoms with Crippen molar-refractivity contribution in [2.24, 2.45) is 23.2 Å². The van der Waals surface area contributed by atoms with Crippen molar-refractivity contribution < 1.29 is 9.53 Å². The van der Waals surface area contributed by atoms with E-state index < -0.39 is 0 Å². The van der Waals surface area contributed by atoms with Crippen LogP contribution < -0.4 is 0 Å². The van der Waals surface area contributed by atoms with Crippen molar-refractivity contribution >= 4 is 5.97 Å². The summed E-state index contributed by atoms with van der Waals surface area (Å²) >= 11 is 0. The highest BCUT2D eigenvalue weighted by Gasteiger charge is 2.61.